The van der Waals surface area contributed by atoms with Crippen LogP contribution in [-0.4, -0.2) is 31.2 Å². The fourth-order valence-corrected chi connectivity index (χ4v) is 2.08. The summed E-state index contributed by atoms with van der Waals surface area (Å²) in [5, 5.41) is 14.0. The molecule has 0 aliphatic carbocycles. The predicted octanol–water partition coefficient (Wildman–Crippen LogP) is 2.52. The minimum absolute atomic E-state index is 0.0562. The maximum atomic E-state index is 10.8. The zero-order chi connectivity index (χ0) is 14.3. The summed E-state index contributed by atoms with van der Waals surface area (Å²) in [6, 6.07) is 4.70. The van der Waals surface area contributed by atoms with Crippen molar-refractivity contribution in [1.82, 2.24) is 0 Å². The Balaban J connectivity index is 2.81. The smallest absolute Gasteiger partial charge is 0.271 e. The summed E-state index contributed by atoms with van der Waals surface area (Å²) in [5.41, 5.74) is 6.24. The number of rotatable bonds is 8. The minimum Gasteiger partial charge on any atom is -0.383 e. The number of methoxy groups -OCH3 is 1. The molecular formula is C12H18BrN3O3. The van der Waals surface area contributed by atoms with Crippen LogP contribution in [0.3, 0.4) is 0 Å². The number of hydrogen-bond donors (Lipinski definition) is 2. The van der Waals surface area contributed by atoms with Gasteiger partial charge in [-0.1, -0.05) is 0 Å². The maximum absolute atomic E-state index is 10.8. The van der Waals surface area contributed by atoms with Crippen LogP contribution in [0.5, 0.6) is 0 Å². The number of benzene rings is 1. The van der Waals surface area contributed by atoms with Crippen molar-refractivity contribution in [3.63, 3.8) is 0 Å². The molecule has 19 heavy (non-hydrogen) atoms. The molecule has 1 unspecified atom stereocenters. The number of nitrogens with one attached hydrogen (secondary N) is 1. The summed E-state index contributed by atoms with van der Waals surface area (Å²) >= 11 is 3.38. The summed E-state index contributed by atoms with van der Waals surface area (Å²) in [4.78, 5) is 10.4. The molecule has 0 saturated heterocycles. The van der Waals surface area contributed by atoms with E-state index in [1.165, 1.54) is 12.1 Å². The van der Waals surface area contributed by atoms with E-state index in [9.17, 15) is 10.1 Å². The largest absolute Gasteiger partial charge is 0.383 e. The highest BCUT2D eigenvalue weighted by molar-refractivity contribution is 9.10. The van der Waals surface area contributed by atoms with Gasteiger partial charge in [-0.05, 0) is 41.4 Å². The highest BCUT2D eigenvalue weighted by Crippen LogP contribution is 2.28. The molecule has 3 N–H and O–H groups in total. The average molecular weight is 332 g/mol. The molecule has 0 spiro atoms. The molecule has 0 heterocycles. The number of ether oxygens (including phenoxy) is 1. The van der Waals surface area contributed by atoms with Crippen molar-refractivity contribution in [2.45, 2.75) is 18.9 Å². The Morgan fingerprint density at radius 1 is 1.58 bits per heavy atom. The van der Waals surface area contributed by atoms with Crippen molar-refractivity contribution < 1.29 is 9.66 Å². The molecule has 0 aromatic heterocycles. The van der Waals surface area contributed by atoms with Gasteiger partial charge in [-0.2, -0.15) is 0 Å². The Morgan fingerprint density at radius 3 is 2.89 bits per heavy atom. The molecule has 1 rings (SSSR count). The zero-order valence-electron chi connectivity index (χ0n) is 10.8. The Labute approximate surface area is 120 Å². The lowest BCUT2D eigenvalue weighted by Gasteiger charge is -2.19. The number of halogens is 1. The molecule has 1 aromatic rings. The van der Waals surface area contributed by atoms with E-state index in [4.69, 9.17) is 10.5 Å². The van der Waals surface area contributed by atoms with E-state index in [0.29, 0.717) is 18.8 Å². The fraction of sp³-hybridized carbons (Fsp3) is 0.500. The molecular weight excluding hydrogens is 314 g/mol. The normalized spacial score (nSPS) is 12.2. The summed E-state index contributed by atoms with van der Waals surface area (Å²) in [5.74, 6) is 0. The van der Waals surface area contributed by atoms with Crippen LogP contribution in [0, 0.1) is 10.1 Å². The molecule has 6 nitrogen and oxygen atoms in total. The van der Waals surface area contributed by atoms with Crippen LogP contribution in [0.25, 0.3) is 0 Å². The van der Waals surface area contributed by atoms with Crippen LogP contribution < -0.4 is 11.1 Å². The predicted molar refractivity (Wildman–Crippen MR) is 78.4 cm³/mol. The molecule has 0 amide bonds. The van der Waals surface area contributed by atoms with E-state index in [1.54, 1.807) is 13.2 Å². The molecule has 0 aliphatic rings. The van der Waals surface area contributed by atoms with Crippen molar-refractivity contribution in [3.05, 3.63) is 32.8 Å². The zero-order valence-corrected chi connectivity index (χ0v) is 12.4. The maximum Gasteiger partial charge on any atom is 0.271 e. The molecule has 1 atom stereocenters. The Hall–Kier alpha value is -1.18. The van der Waals surface area contributed by atoms with Crippen LogP contribution >= 0.6 is 15.9 Å². The van der Waals surface area contributed by atoms with Gasteiger partial charge in [0.25, 0.3) is 5.69 Å². The third-order valence-corrected chi connectivity index (χ3v) is 3.34. The second-order valence-corrected chi connectivity index (χ2v) is 5.00. The van der Waals surface area contributed by atoms with Gasteiger partial charge in [0.15, 0.2) is 0 Å². The van der Waals surface area contributed by atoms with Gasteiger partial charge < -0.3 is 15.8 Å². The van der Waals surface area contributed by atoms with E-state index < -0.39 is 4.92 Å². The molecule has 0 radical (unpaired) electrons. The highest BCUT2D eigenvalue weighted by Gasteiger charge is 2.13. The second-order valence-electron chi connectivity index (χ2n) is 4.15. The average Bonchev–Trinajstić information content (AvgIpc) is 2.38. The van der Waals surface area contributed by atoms with Crippen molar-refractivity contribution >= 4 is 27.3 Å². The van der Waals surface area contributed by atoms with E-state index in [0.717, 1.165) is 17.3 Å². The summed E-state index contributed by atoms with van der Waals surface area (Å²) in [7, 11) is 1.62. The molecule has 0 saturated carbocycles. The summed E-state index contributed by atoms with van der Waals surface area (Å²) < 4.78 is 5.92. The van der Waals surface area contributed by atoms with Gasteiger partial charge in [0, 0.05) is 29.8 Å². The molecule has 106 valence electrons. The quantitative estimate of drug-likeness (QED) is 0.564. The number of nitro benzene ring substituents is 1. The second kappa shape index (κ2) is 8.08. The van der Waals surface area contributed by atoms with Crippen molar-refractivity contribution in [1.29, 1.82) is 0 Å². The standard InChI is InChI=1S/C12H18BrN3O3/c1-19-8-9(3-2-6-14)15-12-7-10(16(17)18)4-5-11(12)13/h4-5,7,9,15H,2-3,6,8,14H2,1H3. The third kappa shape index (κ3) is 5.14. The molecule has 0 fully saturated rings. The van der Waals surface area contributed by atoms with E-state index in [2.05, 4.69) is 21.2 Å². The number of non-ortho nitro benzene ring substituents is 1. The lowest BCUT2D eigenvalue weighted by Crippen LogP contribution is -2.26. The van der Waals surface area contributed by atoms with Gasteiger partial charge in [0.1, 0.15) is 0 Å². The fourth-order valence-electron chi connectivity index (χ4n) is 1.72. The van der Waals surface area contributed by atoms with Gasteiger partial charge >= 0.3 is 0 Å². The summed E-state index contributed by atoms with van der Waals surface area (Å²) in [6.07, 6.45) is 1.72. The molecule has 0 aliphatic heterocycles. The van der Waals surface area contributed by atoms with Gasteiger partial charge in [0.2, 0.25) is 0 Å². The Kier molecular flexibility index (Phi) is 6.75. The van der Waals surface area contributed by atoms with Crippen molar-refractivity contribution in [2.24, 2.45) is 5.73 Å². The van der Waals surface area contributed by atoms with E-state index in [-0.39, 0.29) is 11.7 Å². The van der Waals surface area contributed by atoms with Crippen molar-refractivity contribution in [3.8, 4) is 0 Å². The van der Waals surface area contributed by atoms with Crippen LogP contribution in [0.15, 0.2) is 22.7 Å². The number of nitrogens with two attached hydrogens (primary N) is 1. The lowest BCUT2D eigenvalue weighted by molar-refractivity contribution is -0.384. The number of nitro groups is 1. The van der Waals surface area contributed by atoms with E-state index >= 15 is 0 Å². The first-order valence-corrected chi connectivity index (χ1v) is 6.77. The number of hydrogen-bond acceptors (Lipinski definition) is 5. The first kappa shape index (κ1) is 15.9. The Bertz CT molecular complexity index is 429. The highest BCUT2D eigenvalue weighted by atomic mass is 79.9. The van der Waals surface area contributed by atoms with Gasteiger partial charge in [-0.15, -0.1) is 0 Å². The monoisotopic (exact) mass is 331 g/mol. The minimum atomic E-state index is -0.414. The summed E-state index contributed by atoms with van der Waals surface area (Å²) in [6.45, 7) is 1.13. The molecule has 7 heteroatoms. The SMILES string of the molecule is COCC(CCCN)Nc1cc([N+](=O)[O-])ccc1Br. The van der Waals surface area contributed by atoms with Gasteiger partial charge in [-0.25, -0.2) is 0 Å². The lowest BCUT2D eigenvalue weighted by atomic mass is 10.1. The third-order valence-electron chi connectivity index (χ3n) is 2.64. The van der Waals surface area contributed by atoms with Gasteiger partial charge in [-0.3, -0.25) is 10.1 Å². The van der Waals surface area contributed by atoms with Crippen LogP contribution in [0.4, 0.5) is 11.4 Å². The van der Waals surface area contributed by atoms with Crippen molar-refractivity contribution in [2.75, 3.05) is 25.6 Å². The van der Waals surface area contributed by atoms with Crippen LogP contribution in [-0.2, 0) is 4.74 Å². The first-order valence-electron chi connectivity index (χ1n) is 5.98. The Morgan fingerprint density at radius 2 is 2.32 bits per heavy atom. The first-order chi connectivity index (χ1) is 9.08. The molecule has 0 bridgehead atoms. The van der Waals surface area contributed by atoms with E-state index in [1.807, 2.05) is 0 Å². The van der Waals surface area contributed by atoms with Gasteiger partial charge in [0.05, 0.1) is 17.2 Å². The number of anilines is 1. The topological polar surface area (TPSA) is 90.4 Å². The molecule has 1 aromatic carbocycles. The van der Waals surface area contributed by atoms with Crippen LogP contribution in [0.1, 0.15) is 12.8 Å². The van der Waals surface area contributed by atoms with Crippen LogP contribution in [0.2, 0.25) is 0 Å². The number of nitrogens with zero attached hydrogens (tertiary/aromatic N) is 1.